The van der Waals surface area contributed by atoms with Gasteiger partial charge in [0.05, 0.1) is 41.4 Å². The van der Waals surface area contributed by atoms with E-state index in [1.165, 1.54) is 16.4 Å². The standard InChI is InChI=1S/C14H17NO5S/c16-13-9-6-11-14(17)10(7-12(13)20-11)15(9)21(18,19)8-4-2-1-3-5-8/h1-5,9-14,16-17H,6-7H2/t9-,10-,11-,12-,13-,14-/m1/s1. The molecule has 6 nitrogen and oxygen atoms in total. The Balaban J connectivity index is 1.78. The van der Waals surface area contributed by atoms with Gasteiger partial charge >= 0.3 is 0 Å². The molecular formula is C14H17NO5S. The van der Waals surface area contributed by atoms with Crippen LogP contribution in [0.25, 0.3) is 0 Å². The molecule has 4 aliphatic heterocycles. The first kappa shape index (κ1) is 13.7. The minimum absolute atomic E-state index is 0.192. The second kappa shape index (κ2) is 4.50. The van der Waals surface area contributed by atoms with E-state index < -0.39 is 34.3 Å². The Hall–Kier alpha value is -0.990. The van der Waals surface area contributed by atoms with E-state index in [4.69, 9.17) is 4.74 Å². The summed E-state index contributed by atoms with van der Waals surface area (Å²) in [6.45, 7) is 0. The summed E-state index contributed by atoms with van der Waals surface area (Å²) in [4.78, 5) is 0.192. The van der Waals surface area contributed by atoms with Crippen LogP contribution >= 0.6 is 0 Å². The maximum Gasteiger partial charge on any atom is 0.243 e. The highest BCUT2D eigenvalue weighted by Gasteiger charge is 2.60. The summed E-state index contributed by atoms with van der Waals surface area (Å²) in [7, 11) is -3.73. The number of piperidine rings is 2. The molecule has 4 fully saturated rings. The van der Waals surface area contributed by atoms with Gasteiger partial charge in [-0.15, -0.1) is 0 Å². The van der Waals surface area contributed by atoms with Crippen molar-refractivity contribution in [3.05, 3.63) is 30.3 Å². The lowest BCUT2D eigenvalue weighted by Gasteiger charge is -2.59. The molecule has 4 heterocycles. The van der Waals surface area contributed by atoms with Crippen LogP contribution in [0.5, 0.6) is 0 Å². The van der Waals surface area contributed by atoms with Crippen molar-refractivity contribution in [2.24, 2.45) is 0 Å². The Morgan fingerprint density at radius 1 is 1.00 bits per heavy atom. The van der Waals surface area contributed by atoms with Crippen LogP contribution in [0.15, 0.2) is 35.2 Å². The zero-order valence-electron chi connectivity index (χ0n) is 11.2. The van der Waals surface area contributed by atoms with Gasteiger partial charge in [0, 0.05) is 0 Å². The van der Waals surface area contributed by atoms with E-state index in [0.29, 0.717) is 12.8 Å². The molecule has 4 saturated heterocycles. The van der Waals surface area contributed by atoms with E-state index in [0.717, 1.165) is 0 Å². The second-order valence-corrected chi connectivity index (χ2v) is 7.79. The molecule has 0 saturated carbocycles. The SMILES string of the molecule is O=S(=O)(c1ccccc1)N1[C@@H]2C[C@H]3O[C@H](C[C@@H]1[C@H]3O)[C@@H]2O. The Morgan fingerprint density at radius 3 is 2.05 bits per heavy atom. The van der Waals surface area contributed by atoms with Crippen LogP contribution in [0.4, 0.5) is 0 Å². The van der Waals surface area contributed by atoms with Crippen LogP contribution in [0, 0.1) is 0 Å². The molecule has 114 valence electrons. The van der Waals surface area contributed by atoms with Crippen molar-refractivity contribution in [3.63, 3.8) is 0 Å². The minimum atomic E-state index is -3.73. The summed E-state index contributed by atoms with van der Waals surface area (Å²) in [5, 5.41) is 20.6. The molecule has 2 N–H and O–H groups in total. The summed E-state index contributed by atoms with van der Waals surface area (Å²) in [5.74, 6) is 0. The molecule has 5 rings (SSSR count). The normalized spacial score (nSPS) is 42.4. The van der Waals surface area contributed by atoms with E-state index in [9.17, 15) is 18.6 Å². The number of ether oxygens (including phenoxy) is 1. The quantitative estimate of drug-likeness (QED) is 0.784. The highest BCUT2D eigenvalue weighted by atomic mass is 32.2. The van der Waals surface area contributed by atoms with Crippen LogP contribution < -0.4 is 0 Å². The van der Waals surface area contributed by atoms with Crippen LogP contribution in [-0.2, 0) is 14.8 Å². The Kier molecular flexibility index (Phi) is 2.93. The van der Waals surface area contributed by atoms with Gasteiger partial charge in [-0.3, -0.25) is 0 Å². The van der Waals surface area contributed by atoms with Crippen molar-refractivity contribution in [2.75, 3.05) is 0 Å². The monoisotopic (exact) mass is 311 g/mol. The van der Waals surface area contributed by atoms with E-state index >= 15 is 0 Å². The number of hydrogen-bond donors (Lipinski definition) is 2. The van der Waals surface area contributed by atoms with Crippen LogP contribution in [0.3, 0.4) is 0 Å². The van der Waals surface area contributed by atoms with Crippen molar-refractivity contribution < 1.29 is 23.4 Å². The molecule has 4 bridgehead atoms. The molecule has 0 aliphatic carbocycles. The number of sulfonamides is 1. The molecular weight excluding hydrogens is 294 g/mol. The average Bonchev–Trinajstić information content (AvgIpc) is 2.46. The van der Waals surface area contributed by atoms with Gasteiger partial charge in [-0.1, -0.05) is 18.2 Å². The maximum atomic E-state index is 12.9. The van der Waals surface area contributed by atoms with Crippen molar-refractivity contribution in [1.82, 2.24) is 4.31 Å². The number of aliphatic hydroxyl groups excluding tert-OH is 2. The van der Waals surface area contributed by atoms with Gasteiger partial charge in [-0.2, -0.15) is 4.31 Å². The third-order valence-electron chi connectivity index (χ3n) is 4.82. The van der Waals surface area contributed by atoms with Crippen molar-refractivity contribution in [2.45, 2.75) is 54.2 Å². The first-order valence-corrected chi connectivity index (χ1v) is 8.54. The van der Waals surface area contributed by atoms with Crippen molar-refractivity contribution in [1.29, 1.82) is 0 Å². The molecule has 0 unspecified atom stereocenters. The first-order valence-electron chi connectivity index (χ1n) is 7.10. The smallest absolute Gasteiger partial charge is 0.243 e. The van der Waals surface area contributed by atoms with Gasteiger partial charge in [0.2, 0.25) is 10.0 Å². The van der Waals surface area contributed by atoms with Crippen molar-refractivity contribution in [3.8, 4) is 0 Å². The molecule has 0 amide bonds. The highest BCUT2D eigenvalue weighted by Crippen LogP contribution is 2.45. The first-order chi connectivity index (χ1) is 10.00. The lowest BCUT2D eigenvalue weighted by Crippen LogP contribution is -2.74. The highest BCUT2D eigenvalue weighted by molar-refractivity contribution is 7.89. The fourth-order valence-corrected chi connectivity index (χ4v) is 5.73. The summed E-state index contributed by atoms with van der Waals surface area (Å²) in [6.07, 6.45) is -1.73. The molecule has 7 heteroatoms. The zero-order valence-corrected chi connectivity index (χ0v) is 12.1. The van der Waals surface area contributed by atoms with Crippen molar-refractivity contribution >= 4 is 10.0 Å². The largest absolute Gasteiger partial charge is 0.389 e. The number of benzene rings is 1. The fraction of sp³-hybridized carbons (Fsp3) is 0.571. The Labute approximate surface area is 123 Å². The zero-order chi connectivity index (χ0) is 14.8. The van der Waals surface area contributed by atoms with E-state index in [1.54, 1.807) is 18.2 Å². The van der Waals surface area contributed by atoms with Crippen LogP contribution in [0.1, 0.15) is 12.8 Å². The molecule has 21 heavy (non-hydrogen) atoms. The lowest BCUT2D eigenvalue weighted by atomic mass is 9.76. The second-order valence-electron chi connectivity index (χ2n) is 5.95. The van der Waals surface area contributed by atoms with E-state index in [2.05, 4.69) is 0 Å². The fourth-order valence-electron chi connectivity index (χ4n) is 3.85. The number of nitrogens with zero attached hydrogens (tertiary/aromatic N) is 1. The number of hydrogen-bond acceptors (Lipinski definition) is 5. The lowest BCUT2D eigenvalue weighted by molar-refractivity contribution is -0.255. The van der Waals surface area contributed by atoms with Gasteiger partial charge in [0.25, 0.3) is 0 Å². The maximum absolute atomic E-state index is 12.9. The molecule has 1 aromatic carbocycles. The molecule has 0 spiro atoms. The van der Waals surface area contributed by atoms with Gasteiger partial charge in [0.1, 0.15) is 0 Å². The van der Waals surface area contributed by atoms with Gasteiger partial charge in [-0.05, 0) is 25.0 Å². The third-order valence-corrected chi connectivity index (χ3v) is 6.78. The van der Waals surface area contributed by atoms with Gasteiger partial charge in [0.15, 0.2) is 0 Å². The molecule has 4 aliphatic rings. The van der Waals surface area contributed by atoms with E-state index in [1.807, 2.05) is 0 Å². The number of aliphatic hydroxyl groups is 2. The predicted molar refractivity (Wildman–Crippen MR) is 73.0 cm³/mol. The topological polar surface area (TPSA) is 87.1 Å². The van der Waals surface area contributed by atoms with E-state index in [-0.39, 0.29) is 17.1 Å². The Bertz CT molecular complexity index is 627. The molecule has 0 radical (unpaired) electrons. The predicted octanol–water partition coefficient (Wildman–Crippen LogP) is -0.289. The molecule has 0 aromatic heterocycles. The molecule has 6 atom stereocenters. The summed E-state index contributed by atoms with van der Waals surface area (Å²) >= 11 is 0. The van der Waals surface area contributed by atoms with Gasteiger partial charge in [-0.25, -0.2) is 8.42 Å². The summed E-state index contributed by atoms with van der Waals surface area (Å²) in [6, 6.07) is 7.14. The summed E-state index contributed by atoms with van der Waals surface area (Å²) < 4.78 is 32.7. The minimum Gasteiger partial charge on any atom is -0.389 e. The third kappa shape index (κ3) is 1.82. The molecule has 1 aromatic rings. The van der Waals surface area contributed by atoms with Crippen LogP contribution in [-0.4, -0.2) is 59.4 Å². The van der Waals surface area contributed by atoms with Crippen LogP contribution in [0.2, 0.25) is 0 Å². The Morgan fingerprint density at radius 2 is 1.52 bits per heavy atom. The van der Waals surface area contributed by atoms with Gasteiger partial charge < -0.3 is 14.9 Å². The number of rotatable bonds is 2. The summed E-state index contributed by atoms with van der Waals surface area (Å²) in [5.41, 5.74) is 0. The average molecular weight is 311 g/mol.